The number of benzene rings is 1. The molecule has 0 bridgehead atoms. The Kier molecular flexibility index (Phi) is 7.73. The Morgan fingerprint density at radius 2 is 1.94 bits per heavy atom. The maximum Gasteiger partial charge on any atom is 0.341 e. The summed E-state index contributed by atoms with van der Waals surface area (Å²) in [5.74, 6) is 0.844. The number of ether oxygens (including phenoxy) is 3. The largest absolute Gasteiger partial charge is 0.493 e. The Labute approximate surface area is 205 Å². The molecule has 0 unspecified atom stereocenters. The van der Waals surface area contributed by atoms with E-state index in [0.29, 0.717) is 33.5 Å². The number of anilines is 1. The normalized spacial score (nSPS) is 12.7. The lowest BCUT2D eigenvalue weighted by Gasteiger charge is -2.12. The third-order valence-corrected chi connectivity index (χ3v) is 7.29. The molecular formula is C23H25N3O6S2. The number of carbonyl (C=O) groups is 2. The molecule has 0 fully saturated rings. The van der Waals surface area contributed by atoms with Crippen molar-refractivity contribution in [3.63, 3.8) is 0 Å². The Balaban J connectivity index is 1.42. The molecule has 1 N–H and O–H groups in total. The van der Waals surface area contributed by atoms with Crippen LogP contribution in [0.4, 0.5) is 5.00 Å². The number of hydrogen-bond acceptors (Lipinski definition) is 10. The van der Waals surface area contributed by atoms with Crippen molar-refractivity contribution >= 4 is 40.0 Å². The first kappa shape index (κ1) is 24.1. The highest BCUT2D eigenvalue weighted by Gasteiger charge is 2.27. The van der Waals surface area contributed by atoms with Gasteiger partial charge in [-0.25, -0.2) is 4.79 Å². The Morgan fingerprint density at radius 3 is 2.71 bits per heavy atom. The molecule has 0 radical (unpaired) electrons. The van der Waals surface area contributed by atoms with Crippen LogP contribution in [0.5, 0.6) is 11.5 Å². The summed E-state index contributed by atoms with van der Waals surface area (Å²) < 4.78 is 21.5. The molecular weight excluding hydrogens is 478 g/mol. The number of nitrogens with zero attached hydrogens (tertiary/aromatic N) is 2. The van der Waals surface area contributed by atoms with Crippen LogP contribution in [-0.2, 0) is 22.4 Å². The first-order chi connectivity index (χ1) is 16.5. The van der Waals surface area contributed by atoms with Crippen molar-refractivity contribution in [2.75, 3.05) is 31.9 Å². The lowest BCUT2D eigenvalue weighted by Crippen LogP contribution is -2.17. The molecule has 11 heteroatoms. The highest BCUT2D eigenvalue weighted by Crippen LogP contribution is 2.39. The van der Waals surface area contributed by atoms with Crippen LogP contribution in [0.3, 0.4) is 0 Å². The first-order valence-corrected chi connectivity index (χ1v) is 12.6. The van der Waals surface area contributed by atoms with Crippen molar-refractivity contribution in [2.24, 2.45) is 0 Å². The minimum absolute atomic E-state index is 0.0540. The summed E-state index contributed by atoms with van der Waals surface area (Å²) in [6.07, 6.45) is 3.85. The van der Waals surface area contributed by atoms with E-state index in [1.165, 1.54) is 11.3 Å². The SMILES string of the molecule is CCOC(=O)c1c(NC(=O)CSc2nnc(-c3ccc(OC)c(OC)c3)o2)sc2c1CCCC2. The van der Waals surface area contributed by atoms with Crippen LogP contribution in [-0.4, -0.2) is 48.7 Å². The van der Waals surface area contributed by atoms with Gasteiger partial charge in [0.05, 0.1) is 32.1 Å². The fourth-order valence-corrected chi connectivity index (χ4v) is 5.57. The zero-order chi connectivity index (χ0) is 24.1. The highest BCUT2D eigenvalue weighted by molar-refractivity contribution is 7.99. The summed E-state index contributed by atoms with van der Waals surface area (Å²) in [5.41, 5.74) is 2.17. The van der Waals surface area contributed by atoms with Gasteiger partial charge in [0.25, 0.3) is 5.22 Å². The quantitative estimate of drug-likeness (QED) is 0.330. The number of fused-ring (bicyclic) bond motifs is 1. The molecule has 0 saturated carbocycles. The van der Waals surface area contributed by atoms with E-state index in [1.54, 1.807) is 39.3 Å². The number of methoxy groups -OCH3 is 2. The zero-order valence-electron chi connectivity index (χ0n) is 19.1. The monoisotopic (exact) mass is 503 g/mol. The Hall–Kier alpha value is -3.05. The van der Waals surface area contributed by atoms with Crippen LogP contribution in [0.15, 0.2) is 27.8 Å². The van der Waals surface area contributed by atoms with Crippen molar-refractivity contribution in [3.8, 4) is 23.0 Å². The van der Waals surface area contributed by atoms with Crippen LogP contribution in [0.25, 0.3) is 11.5 Å². The summed E-state index contributed by atoms with van der Waals surface area (Å²) in [4.78, 5) is 26.4. The smallest absolute Gasteiger partial charge is 0.341 e. The molecule has 2 aromatic heterocycles. The number of nitrogens with one attached hydrogen (secondary N) is 1. The van der Waals surface area contributed by atoms with Gasteiger partial charge in [0, 0.05) is 10.4 Å². The minimum atomic E-state index is -0.388. The van der Waals surface area contributed by atoms with Gasteiger partial charge >= 0.3 is 5.97 Å². The molecule has 1 aromatic carbocycles. The number of aryl methyl sites for hydroxylation is 1. The summed E-state index contributed by atoms with van der Waals surface area (Å²) in [5, 5.41) is 11.8. The summed E-state index contributed by atoms with van der Waals surface area (Å²) in [7, 11) is 3.11. The van der Waals surface area contributed by atoms with E-state index in [1.807, 2.05) is 0 Å². The Bertz CT molecular complexity index is 1190. The second-order valence-electron chi connectivity index (χ2n) is 7.42. The highest BCUT2D eigenvalue weighted by atomic mass is 32.2. The number of amides is 1. The number of aromatic nitrogens is 2. The first-order valence-electron chi connectivity index (χ1n) is 10.8. The van der Waals surface area contributed by atoms with E-state index in [0.717, 1.165) is 47.9 Å². The number of thiophene rings is 1. The second-order valence-corrected chi connectivity index (χ2v) is 9.45. The van der Waals surface area contributed by atoms with Gasteiger partial charge in [0.1, 0.15) is 5.00 Å². The number of rotatable bonds is 9. The Morgan fingerprint density at radius 1 is 1.15 bits per heavy atom. The van der Waals surface area contributed by atoms with Crippen molar-refractivity contribution in [1.82, 2.24) is 10.2 Å². The molecule has 3 aromatic rings. The van der Waals surface area contributed by atoms with Gasteiger partial charge in [-0.15, -0.1) is 21.5 Å². The van der Waals surface area contributed by atoms with Gasteiger partial charge in [-0.05, 0) is 56.4 Å². The maximum atomic E-state index is 12.7. The molecule has 0 spiro atoms. The molecule has 2 heterocycles. The van der Waals surface area contributed by atoms with E-state index in [-0.39, 0.29) is 29.5 Å². The third-order valence-electron chi connectivity index (χ3n) is 5.27. The summed E-state index contributed by atoms with van der Waals surface area (Å²) >= 11 is 2.58. The van der Waals surface area contributed by atoms with Crippen LogP contribution in [0.2, 0.25) is 0 Å². The van der Waals surface area contributed by atoms with Crippen LogP contribution in [0, 0.1) is 0 Å². The molecule has 1 aliphatic rings. The molecule has 180 valence electrons. The van der Waals surface area contributed by atoms with Crippen molar-refractivity contribution in [2.45, 2.75) is 37.8 Å². The number of esters is 1. The lowest BCUT2D eigenvalue weighted by molar-refractivity contribution is -0.113. The van der Waals surface area contributed by atoms with Gasteiger partial charge in [0.2, 0.25) is 11.8 Å². The van der Waals surface area contributed by atoms with Crippen molar-refractivity contribution < 1.29 is 28.2 Å². The lowest BCUT2D eigenvalue weighted by atomic mass is 9.95. The minimum Gasteiger partial charge on any atom is -0.493 e. The van der Waals surface area contributed by atoms with E-state index in [4.69, 9.17) is 18.6 Å². The average Bonchev–Trinajstić information content (AvgIpc) is 3.47. The number of hydrogen-bond donors (Lipinski definition) is 1. The van der Waals surface area contributed by atoms with E-state index >= 15 is 0 Å². The molecule has 4 rings (SSSR count). The van der Waals surface area contributed by atoms with Crippen LogP contribution < -0.4 is 14.8 Å². The standard InChI is InChI=1S/C23H25N3O6S2/c1-4-31-22(28)19-14-7-5-6-8-17(14)34-21(19)24-18(27)12-33-23-26-25-20(32-23)13-9-10-15(29-2)16(11-13)30-3/h9-11H,4-8,12H2,1-3H3,(H,24,27). The van der Waals surface area contributed by atoms with Gasteiger partial charge in [-0.3, -0.25) is 4.79 Å². The topological polar surface area (TPSA) is 113 Å². The maximum absolute atomic E-state index is 12.7. The molecule has 0 aliphatic heterocycles. The molecule has 1 amide bonds. The molecule has 0 atom stereocenters. The average molecular weight is 504 g/mol. The molecule has 9 nitrogen and oxygen atoms in total. The van der Waals surface area contributed by atoms with Gasteiger partial charge in [-0.1, -0.05) is 11.8 Å². The third kappa shape index (κ3) is 5.20. The predicted molar refractivity (Wildman–Crippen MR) is 129 cm³/mol. The zero-order valence-corrected chi connectivity index (χ0v) is 20.8. The van der Waals surface area contributed by atoms with Gasteiger partial charge < -0.3 is 23.9 Å². The van der Waals surface area contributed by atoms with Crippen molar-refractivity contribution in [1.29, 1.82) is 0 Å². The number of thioether (sulfide) groups is 1. The van der Waals surface area contributed by atoms with Crippen LogP contribution >= 0.6 is 23.1 Å². The summed E-state index contributed by atoms with van der Waals surface area (Å²) in [6, 6.07) is 5.27. The van der Waals surface area contributed by atoms with Crippen LogP contribution in [0.1, 0.15) is 40.6 Å². The van der Waals surface area contributed by atoms with Gasteiger partial charge in [-0.2, -0.15) is 0 Å². The summed E-state index contributed by atoms with van der Waals surface area (Å²) in [6.45, 7) is 2.05. The number of carbonyl (C=O) groups excluding carboxylic acids is 2. The molecule has 34 heavy (non-hydrogen) atoms. The van der Waals surface area contributed by atoms with E-state index < -0.39 is 0 Å². The second kappa shape index (κ2) is 10.9. The molecule has 1 aliphatic carbocycles. The fourth-order valence-electron chi connectivity index (χ4n) is 3.72. The fraction of sp³-hybridized carbons (Fsp3) is 0.391. The van der Waals surface area contributed by atoms with Crippen molar-refractivity contribution in [3.05, 3.63) is 34.2 Å². The van der Waals surface area contributed by atoms with E-state index in [2.05, 4.69) is 15.5 Å². The van der Waals surface area contributed by atoms with Gasteiger partial charge in [0.15, 0.2) is 11.5 Å². The molecule has 0 saturated heterocycles. The predicted octanol–water partition coefficient (Wildman–Crippen LogP) is 4.60. The van der Waals surface area contributed by atoms with E-state index in [9.17, 15) is 9.59 Å².